The van der Waals surface area contributed by atoms with Crippen LogP contribution in [0.3, 0.4) is 0 Å². The van der Waals surface area contributed by atoms with E-state index in [1.54, 1.807) is 10.9 Å². The lowest BCUT2D eigenvalue weighted by Gasteiger charge is -2.36. The number of ether oxygens (including phenoxy) is 1. The van der Waals surface area contributed by atoms with Gasteiger partial charge in [-0.1, -0.05) is 18.2 Å². The minimum Gasteiger partial charge on any atom is -0.377 e. The first-order valence-electron chi connectivity index (χ1n) is 9.51. The predicted octanol–water partition coefficient (Wildman–Crippen LogP) is 2.37. The molecule has 2 aromatic heterocycles. The molecule has 7 heteroatoms. The number of amides is 1. The summed E-state index contributed by atoms with van der Waals surface area (Å²) in [6.07, 6.45) is 3.98. The smallest absolute Gasteiger partial charge is 0.227 e. The molecule has 4 rings (SSSR count). The van der Waals surface area contributed by atoms with Crippen LogP contribution in [0.25, 0.3) is 5.69 Å². The molecule has 1 aliphatic heterocycles. The lowest BCUT2D eigenvalue weighted by Crippen LogP contribution is -2.44. The minimum atomic E-state index is -0.129. The highest BCUT2D eigenvalue weighted by Crippen LogP contribution is 2.31. The SMILES string of the molecule is Cc1nn(-c2ccccc2)c(C)c1[C@@H]1COCCN1C(=O)Cc1cnn(C)c1. The maximum atomic E-state index is 13.1. The van der Waals surface area contributed by atoms with Crippen molar-refractivity contribution in [2.24, 2.45) is 7.05 Å². The minimum absolute atomic E-state index is 0.0903. The molecule has 0 spiro atoms. The lowest BCUT2D eigenvalue weighted by molar-refractivity contribution is -0.139. The number of morpholine rings is 1. The molecule has 28 heavy (non-hydrogen) atoms. The van der Waals surface area contributed by atoms with E-state index in [4.69, 9.17) is 9.84 Å². The number of hydrogen-bond acceptors (Lipinski definition) is 4. The van der Waals surface area contributed by atoms with E-state index < -0.39 is 0 Å². The van der Waals surface area contributed by atoms with Crippen LogP contribution in [0, 0.1) is 13.8 Å². The third-order valence-corrected chi connectivity index (χ3v) is 5.24. The Kier molecular flexibility index (Phi) is 5.00. The normalized spacial score (nSPS) is 17.1. The van der Waals surface area contributed by atoms with E-state index in [1.165, 1.54) is 0 Å². The Hall–Kier alpha value is -2.93. The second-order valence-electron chi connectivity index (χ2n) is 7.21. The van der Waals surface area contributed by atoms with Crippen LogP contribution in [0.5, 0.6) is 0 Å². The molecule has 0 saturated carbocycles. The van der Waals surface area contributed by atoms with Crippen molar-refractivity contribution in [1.29, 1.82) is 0 Å². The molecule has 7 nitrogen and oxygen atoms in total. The summed E-state index contributed by atoms with van der Waals surface area (Å²) in [4.78, 5) is 15.0. The first-order valence-corrected chi connectivity index (χ1v) is 9.51. The van der Waals surface area contributed by atoms with E-state index in [0.717, 1.165) is 28.2 Å². The average Bonchev–Trinajstić information content (AvgIpc) is 3.24. The zero-order valence-corrected chi connectivity index (χ0v) is 16.5. The van der Waals surface area contributed by atoms with E-state index in [-0.39, 0.29) is 11.9 Å². The van der Waals surface area contributed by atoms with E-state index in [2.05, 4.69) is 12.0 Å². The second kappa shape index (κ2) is 7.59. The Bertz CT molecular complexity index is 976. The van der Waals surface area contributed by atoms with Crippen LogP contribution in [0.15, 0.2) is 42.7 Å². The second-order valence-corrected chi connectivity index (χ2v) is 7.21. The molecule has 1 aliphatic rings. The summed E-state index contributed by atoms with van der Waals surface area (Å²) < 4.78 is 9.42. The van der Waals surface area contributed by atoms with Gasteiger partial charge in [-0.2, -0.15) is 10.2 Å². The molecule has 0 bridgehead atoms. The molecule has 1 amide bonds. The number of rotatable bonds is 4. The van der Waals surface area contributed by atoms with Crippen molar-refractivity contribution in [2.45, 2.75) is 26.3 Å². The molecule has 1 aromatic carbocycles. The van der Waals surface area contributed by atoms with Gasteiger partial charge in [0.05, 0.1) is 43.3 Å². The fourth-order valence-electron chi connectivity index (χ4n) is 3.94. The summed E-state index contributed by atoms with van der Waals surface area (Å²) in [5.74, 6) is 0.0903. The first-order chi connectivity index (χ1) is 13.5. The van der Waals surface area contributed by atoms with Crippen LogP contribution in [0.4, 0.5) is 0 Å². The van der Waals surface area contributed by atoms with Gasteiger partial charge in [0, 0.05) is 31.0 Å². The van der Waals surface area contributed by atoms with Gasteiger partial charge < -0.3 is 9.64 Å². The molecule has 1 atom stereocenters. The average molecular weight is 379 g/mol. The van der Waals surface area contributed by atoms with Gasteiger partial charge >= 0.3 is 0 Å². The van der Waals surface area contributed by atoms with Crippen molar-refractivity contribution >= 4 is 5.91 Å². The highest BCUT2D eigenvalue weighted by atomic mass is 16.5. The van der Waals surface area contributed by atoms with E-state index in [9.17, 15) is 4.79 Å². The number of carbonyl (C=O) groups excluding carboxylic acids is 1. The highest BCUT2D eigenvalue weighted by molar-refractivity contribution is 5.79. The van der Waals surface area contributed by atoms with Crippen LogP contribution in [-0.4, -0.2) is 50.1 Å². The van der Waals surface area contributed by atoms with Crippen LogP contribution in [0.1, 0.15) is 28.6 Å². The third-order valence-electron chi connectivity index (χ3n) is 5.24. The zero-order chi connectivity index (χ0) is 19.7. The van der Waals surface area contributed by atoms with Crippen LogP contribution in [0.2, 0.25) is 0 Å². The van der Waals surface area contributed by atoms with Gasteiger partial charge in [-0.15, -0.1) is 0 Å². The Morgan fingerprint density at radius 1 is 1.25 bits per heavy atom. The van der Waals surface area contributed by atoms with Crippen LogP contribution < -0.4 is 0 Å². The number of nitrogens with zero attached hydrogens (tertiary/aromatic N) is 5. The fourth-order valence-corrected chi connectivity index (χ4v) is 3.94. The lowest BCUT2D eigenvalue weighted by atomic mass is 10.0. The first kappa shape index (κ1) is 18.4. The maximum absolute atomic E-state index is 13.1. The van der Waals surface area contributed by atoms with Crippen molar-refractivity contribution in [1.82, 2.24) is 24.5 Å². The molecule has 3 aromatic rings. The van der Waals surface area contributed by atoms with E-state index in [1.807, 2.05) is 60.1 Å². The summed E-state index contributed by atoms with van der Waals surface area (Å²) >= 11 is 0. The van der Waals surface area contributed by atoms with Crippen molar-refractivity contribution in [2.75, 3.05) is 19.8 Å². The molecular formula is C21H25N5O2. The van der Waals surface area contributed by atoms with Gasteiger partial charge in [-0.05, 0) is 31.5 Å². The van der Waals surface area contributed by atoms with Gasteiger partial charge in [0.25, 0.3) is 0 Å². The fraction of sp³-hybridized carbons (Fsp3) is 0.381. The molecule has 0 aliphatic carbocycles. The zero-order valence-electron chi connectivity index (χ0n) is 16.5. The van der Waals surface area contributed by atoms with Crippen LogP contribution in [-0.2, 0) is 23.0 Å². The molecule has 0 unspecified atom stereocenters. The van der Waals surface area contributed by atoms with Gasteiger partial charge in [-0.3, -0.25) is 9.48 Å². The Morgan fingerprint density at radius 3 is 2.75 bits per heavy atom. The topological polar surface area (TPSA) is 65.2 Å². The molecule has 0 radical (unpaired) electrons. The number of aromatic nitrogens is 4. The van der Waals surface area contributed by atoms with Crippen molar-refractivity contribution in [3.05, 3.63) is 65.2 Å². The quantitative estimate of drug-likeness (QED) is 0.698. The molecule has 1 fully saturated rings. The van der Waals surface area contributed by atoms with Crippen molar-refractivity contribution in [3.63, 3.8) is 0 Å². The number of aryl methyl sites for hydroxylation is 2. The number of para-hydroxylation sites is 1. The molecule has 146 valence electrons. The number of benzene rings is 1. The van der Waals surface area contributed by atoms with Crippen molar-refractivity contribution in [3.8, 4) is 5.69 Å². The summed E-state index contributed by atoms with van der Waals surface area (Å²) in [6, 6.07) is 9.93. The Morgan fingerprint density at radius 2 is 2.04 bits per heavy atom. The van der Waals surface area contributed by atoms with Gasteiger partial charge in [0.1, 0.15) is 0 Å². The standard InChI is InChI=1S/C21H25N5O2/c1-15-21(16(2)26(23-15)18-7-5-4-6-8-18)19-14-28-10-9-25(19)20(27)11-17-12-22-24(3)13-17/h4-8,12-13,19H,9-11,14H2,1-3H3/t19-/m0/s1. The maximum Gasteiger partial charge on any atom is 0.227 e. The summed E-state index contributed by atoms with van der Waals surface area (Å²) in [7, 11) is 1.86. The number of hydrogen-bond donors (Lipinski definition) is 0. The summed E-state index contributed by atoms with van der Waals surface area (Å²) in [5, 5.41) is 8.91. The summed E-state index contributed by atoms with van der Waals surface area (Å²) in [6.45, 7) is 5.68. The molecular weight excluding hydrogens is 354 g/mol. The molecule has 3 heterocycles. The highest BCUT2D eigenvalue weighted by Gasteiger charge is 2.33. The van der Waals surface area contributed by atoms with Gasteiger partial charge in [0.15, 0.2) is 0 Å². The third kappa shape index (κ3) is 3.45. The van der Waals surface area contributed by atoms with Gasteiger partial charge in [-0.25, -0.2) is 4.68 Å². The molecule has 0 N–H and O–H groups in total. The monoisotopic (exact) mass is 379 g/mol. The summed E-state index contributed by atoms with van der Waals surface area (Å²) in [5.41, 5.74) is 4.97. The Labute approximate surface area is 164 Å². The van der Waals surface area contributed by atoms with E-state index >= 15 is 0 Å². The molecule has 1 saturated heterocycles. The van der Waals surface area contributed by atoms with Crippen LogP contribution >= 0.6 is 0 Å². The Balaban J connectivity index is 1.64. The van der Waals surface area contributed by atoms with Gasteiger partial charge in [0.2, 0.25) is 5.91 Å². The van der Waals surface area contributed by atoms with Crippen molar-refractivity contribution < 1.29 is 9.53 Å². The largest absolute Gasteiger partial charge is 0.377 e. The number of carbonyl (C=O) groups is 1. The van der Waals surface area contributed by atoms with E-state index in [0.29, 0.717) is 26.2 Å². The predicted molar refractivity (Wildman–Crippen MR) is 105 cm³/mol.